The van der Waals surface area contributed by atoms with Gasteiger partial charge in [0, 0.05) is 12.1 Å². The molecule has 0 spiro atoms. The molecule has 28 heavy (non-hydrogen) atoms. The van der Waals surface area contributed by atoms with Crippen molar-refractivity contribution in [3.8, 4) is 11.4 Å². The first-order valence-corrected chi connectivity index (χ1v) is 10.8. The highest BCUT2D eigenvalue weighted by atomic mass is 32.2. The number of sulfonamides is 1. The molecule has 7 heteroatoms. The van der Waals surface area contributed by atoms with Crippen molar-refractivity contribution in [2.45, 2.75) is 44.6 Å². The Morgan fingerprint density at radius 1 is 1.07 bits per heavy atom. The number of nitrogens with zero attached hydrogens (tertiary/aromatic N) is 3. The maximum Gasteiger partial charge on any atom is 0.245 e. The van der Waals surface area contributed by atoms with Crippen molar-refractivity contribution in [1.82, 2.24) is 14.4 Å². The highest BCUT2D eigenvalue weighted by Gasteiger charge is 2.40. The van der Waals surface area contributed by atoms with E-state index in [4.69, 9.17) is 4.52 Å². The third-order valence-electron chi connectivity index (χ3n) is 5.14. The van der Waals surface area contributed by atoms with Crippen LogP contribution in [-0.4, -0.2) is 29.4 Å². The van der Waals surface area contributed by atoms with Gasteiger partial charge in [-0.1, -0.05) is 41.1 Å². The largest absolute Gasteiger partial charge is 0.337 e. The van der Waals surface area contributed by atoms with Crippen LogP contribution in [0.4, 0.5) is 0 Å². The lowest BCUT2D eigenvalue weighted by molar-refractivity contribution is 0.290. The lowest BCUT2D eigenvalue weighted by Gasteiger charge is -2.22. The van der Waals surface area contributed by atoms with Crippen molar-refractivity contribution in [2.24, 2.45) is 0 Å². The number of hydrogen-bond acceptors (Lipinski definition) is 5. The fourth-order valence-electron chi connectivity index (χ4n) is 3.66. The number of rotatable bonds is 4. The highest BCUT2D eigenvalue weighted by Crippen LogP contribution is 2.37. The fourth-order valence-corrected chi connectivity index (χ4v) is 5.62. The first-order chi connectivity index (χ1) is 13.4. The van der Waals surface area contributed by atoms with Crippen LogP contribution in [0.1, 0.15) is 41.5 Å². The van der Waals surface area contributed by atoms with Crippen molar-refractivity contribution in [3.05, 3.63) is 65.0 Å². The van der Waals surface area contributed by atoms with Crippen LogP contribution in [0.2, 0.25) is 0 Å². The second-order valence-electron chi connectivity index (χ2n) is 7.37. The van der Waals surface area contributed by atoms with Gasteiger partial charge in [0.15, 0.2) is 0 Å². The van der Waals surface area contributed by atoms with Crippen molar-refractivity contribution >= 4 is 10.0 Å². The Kier molecular flexibility index (Phi) is 4.81. The smallest absolute Gasteiger partial charge is 0.245 e. The summed E-state index contributed by atoms with van der Waals surface area (Å²) in [7, 11) is -3.65. The van der Waals surface area contributed by atoms with Gasteiger partial charge in [0.25, 0.3) is 0 Å². The first kappa shape index (κ1) is 18.8. The van der Waals surface area contributed by atoms with Crippen LogP contribution in [-0.2, 0) is 10.0 Å². The predicted octanol–water partition coefficient (Wildman–Crippen LogP) is 4.19. The average molecular weight is 398 g/mol. The molecule has 1 fully saturated rings. The normalized spacial score (nSPS) is 17.9. The molecule has 1 aliphatic rings. The van der Waals surface area contributed by atoms with Gasteiger partial charge in [0.2, 0.25) is 21.7 Å². The minimum absolute atomic E-state index is 0.345. The van der Waals surface area contributed by atoms with Gasteiger partial charge in [0.1, 0.15) is 6.04 Å². The number of benzene rings is 2. The zero-order chi connectivity index (χ0) is 19.9. The molecule has 2 heterocycles. The molecule has 1 atom stereocenters. The van der Waals surface area contributed by atoms with E-state index >= 15 is 0 Å². The van der Waals surface area contributed by atoms with E-state index in [0.29, 0.717) is 29.6 Å². The Morgan fingerprint density at radius 3 is 2.64 bits per heavy atom. The van der Waals surface area contributed by atoms with Crippen molar-refractivity contribution < 1.29 is 12.9 Å². The van der Waals surface area contributed by atoms with E-state index < -0.39 is 16.1 Å². The van der Waals surface area contributed by atoms with Crippen molar-refractivity contribution in [2.75, 3.05) is 6.54 Å². The Balaban J connectivity index is 1.68. The summed E-state index contributed by atoms with van der Waals surface area (Å²) in [5.41, 5.74) is 3.61. The van der Waals surface area contributed by atoms with Gasteiger partial charge < -0.3 is 4.52 Å². The summed E-state index contributed by atoms with van der Waals surface area (Å²) in [6.07, 6.45) is 1.43. The molecule has 0 amide bonds. The molecule has 1 saturated heterocycles. The molecular weight excluding hydrogens is 374 g/mol. The molecule has 1 aliphatic heterocycles. The highest BCUT2D eigenvalue weighted by molar-refractivity contribution is 7.89. The van der Waals surface area contributed by atoms with Crippen LogP contribution >= 0.6 is 0 Å². The summed E-state index contributed by atoms with van der Waals surface area (Å²) in [5.74, 6) is 0.831. The predicted molar refractivity (Wildman–Crippen MR) is 106 cm³/mol. The summed E-state index contributed by atoms with van der Waals surface area (Å²) < 4.78 is 33.7. The van der Waals surface area contributed by atoms with E-state index in [-0.39, 0.29) is 0 Å². The van der Waals surface area contributed by atoms with Crippen LogP contribution in [0.25, 0.3) is 11.4 Å². The molecule has 6 nitrogen and oxygen atoms in total. The molecule has 0 N–H and O–H groups in total. The summed E-state index contributed by atoms with van der Waals surface area (Å²) in [6.45, 7) is 6.16. The minimum atomic E-state index is -3.65. The summed E-state index contributed by atoms with van der Waals surface area (Å²) in [6, 6.07) is 12.9. The number of aromatic nitrogens is 2. The Bertz CT molecular complexity index is 1120. The summed E-state index contributed by atoms with van der Waals surface area (Å²) in [4.78, 5) is 4.86. The van der Waals surface area contributed by atoms with E-state index in [9.17, 15) is 8.42 Å². The monoisotopic (exact) mass is 397 g/mol. The maximum atomic E-state index is 13.3. The number of hydrogen-bond donors (Lipinski definition) is 0. The fraction of sp³-hybridized carbons (Fsp3) is 0.333. The Hall–Kier alpha value is -2.51. The minimum Gasteiger partial charge on any atom is -0.337 e. The second-order valence-corrected chi connectivity index (χ2v) is 9.23. The van der Waals surface area contributed by atoms with Gasteiger partial charge in [0.05, 0.1) is 4.90 Å². The molecule has 0 saturated carbocycles. The zero-order valence-electron chi connectivity index (χ0n) is 16.2. The van der Waals surface area contributed by atoms with Gasteiger partial charge in [-0.2, -0.15) is 9.29 Å². The van der Waals surface area contributed by atoms with Crippen molar-refractivity contribution in [1.29, 1.82) is 0 Å². The van der Waals surface area contributed by atoms with Crippen LogP contribution in [0.15, 0.2) is 51.9 Å². The maximum absolute atomic E-state index is 13.3. The van der Waals surface area contributed by atoms with E-state index in [1.807, 2.05) is 57.2 Å². The van der Waals surface area contributed by atoms with Crippen LogP contribution in [0, 0.1) is 20.8 Å². The molecule has 146 valence electrons. The Labute approximate surface area is 165 Å². The Morgan fingerprint density at radius 2 is 1.86 bits per heavy atom. The standard InChI is InChI=1S/C21H23N3O3S/c1-14-6-4-7-17(12-14)20-22-21(27-23-20)18-8-5-11-24(18)28(25,26)19-13-15(2)9-10-16(19)3/h4,6-7,9-10,12-13,18H,5,8,11H2,1-3H3/t18-/m0/s1. The lowest BCUT2D eigenvalue weighted by Crippen LogP contribution is -2.31. The summed E-state index contributed by atoms with van der Waals surface area (Å²) in [5, 5.41) is 4.09. The average Bonchev–Trinajstić information content (AvgIpc) is 3.33. The molecule has 0 radical (unpaired) electrons. The molecule has 1 aromatic heterocycles. The zero-order valence-corrected chi connectivity index (χ0v) is 17.0. The third kappa shape index (κ3) is 3.36. The van der Waals surface area contributed by atoms with Gasteiger partial charge in [-0.15, -0.1) is 0 Å². The van der Waals surface area contributed by atoms with Crippen LogP contribution < -0.4 is 0 Å². The molecule has 4 rings (SSSR count). The van der Waals surface area contributed by atoms with Gasteiger partial charge >= 0.3 is 0 Å². The first-order valence-electron chi connectivity index (χ1n) is 9.36. The van der Waals surface area contributed by atoms with Gasteiger partial charge in [-0.05, 0) is 56.9 Å². The third-order valence-corrected chi connectivity index (χ3v) is 7.19. The van der Waals surface area contributed by atoms with E-state index in [2.05, 4.69) is 10.1 Å². The molecule has 0 aliphatic carbocycles. The topological polar surface area (TPSA) is 76.3 Å². The molecule has 0 unspecified atom stereocenters. The lowest BCUT2D eigenvalue weighted by atomic mass is 10.1. The van der Waals surface area contributed by atoms with E-state index in [1.54, 1.807) is 6.07 Å². The SMILES string of the molecule is Cc1cccc(-c2noc([C@@H]3CCCN3S(=O)(=O)c3cc(C)ccc3C)n2)c1. The quantitative estimate of drug-likeness (QED) is 0.660. The van der Waals surface area contributed by atoms with Crippen LogP contribution in [0.3, 0.4) is 0 Å². The van der Waals surface area contributed by atoms with Gasteiger partial charge in [-0.25, -0.2) is 8.42 Å². The molecular formula is C21H23N3O3S. The molecule has 2 aromatic carbocycles. The van der Waals surface area contributed by atoms with E-state index in [0.717, 1.165) is 28.7 Å². The molecule has 0 bridgehead atoms. The van der Waals surface area contributed by atoms with Crippen LogP contribution in [0.5, 0.6) is 0 Å². The van der Waals surface area contributed by atoms with E-state index in [1.165, 1.54) is 4.31 Å². The van der Waals surface area contributed by atoms with Crippen molar-refractivity contribution in [3.63, 3.8) is 0 Å². The number of aryl methyl sites for hydroxylation is 3. The molecule has 3 aromatic rings. The van der Waals surface area contributed by atoms with Gasteiger partial charge in [-0.3, -0.25) is 0 Å². The summed E-state index contributed by atoms with van der Waals surface area (Å²) >= 11 is 0. The second kappa shape index (κ2) is 7.14.